The van der Waals surface area contributed by atoms with Crippen LogP contribution in [0.2, 0.25) is 0 Å². The van der Waals surface area contributed by atoms with Gasteiger partial charge in [0, 0.05) is 12.1 Å². The summed E-state index contributed by atoms with van der Waals surface area (Å²) >= 11 is 4.66. The number of nitrogens with one attached hydrogen (secondary N) is 1. The van der Waals surface area contributed by atoms with Gasteiger partial charge in [0.05, 0.1) is 4.92 Å². The van der Waals surface area contributed by atoms with Crippen molar-refractivity contribution in [3.8, 4) is 0 Å². The Hall–Kier alpha value is -1.44. The SMILES string of the molecule is Cl.NNC(=S)OCc1ccc([N+](=O)[O-])cc1. The summed E-state index contributed by atoms with van der Waals surface area (Å²) in [5.41, 5.74) is 2.98. The molecular weight excluding hydrogens is 254 g/mol. The molecule has 8 heteroatoms. The second kappa shape index (κ2) is 6.94. The Bertz CT molecular complexity index is 371. The van der Waals surface area contributed by atoms with Gasteiger partial charge in [0.25, 0.3) is 10.9 Å². The second-order valence-corrected chi connectivity index (χ2v) is 3.01. The molecule has 3 N–H and O–H groups in total. The Morgan fingerprint density at radius 1 is 1.50 bits per heavy atom. The number of nitro benzene ring substituents is 1. The molecule has 0 bridgehead atoms. The van der Waals surface area contributed by atoms with E-state index in [-0.39, 0.29) is 29.9 Å². The summed E-state index contributed by atoms with van der Waals surface area (Å²) in [6.45, 7) is 0.223. The van der Waals surface area contributed by atoms with Crippen LogP contribution < -0.4 is 11.3 Å². The highest BCUT2D eigenvalue weighted by molar-refractivity contribution is 7.80. The lowest BCUT2D eigenvalue weighted by Crippen LogP contribution is -2.30. The average Bonchev–Trinajstić information content (AvgIpc) is 2.26. The summed E-state index contributed by atoms with van der Waals surface area (Å²) in [4.78, 5) is 9.89. The number of thiocarbonyl (C=S) groups is 1. The van der Waals surface area contributed by atoms with Crippen molar-refractivity contribution in [3.63, 3.8) is 0 Å². The van der Waals surface area contributed by atoms with Crippen LogP contribution in [0.4, 0.5) is 5.69 Å². The molecule has 0 fully saturated rings. The van der Waals surface area contributed by atoms with Gasteiger partial charge in [0.1, 0.15) is 6.61 Å². The summed E-state index contributed by atoms with van der Waals surface area (Å²) in [7, 11) is 0. The smallest absolute Gasteiger partial charge is 0.271 e. The van der Waals surface area contributed by atoms with Crippen molar-refractivity contribution >= 4 is 35.5 Å². The molecule has 0 aromatic heterocycles. The molecule has 0 unspecified atom stereocenters. The number of rotatable bonds is 3. The zero-order chi connectivity index (χ0) is 11.3. The molecule has 0 radical (unpaired) electrons. The summed E-state index contributed by atoms with van der Waals surface area (Å²) in [5, 5.41) is 10.4. The van der Waals surface area contributed by atoms with Crippen LogP contribution in [0.1, 0.15) is 5.56 Å². The standard InChI is InChI=1S/C8H9N3O3S.ClH/c9-10-8(15)14-5-6-1-3-7(4-2-6)11(12)13;/h1-4H,5,9H2,(H,10,15);1H. The van der Waals surface area contributed by atoms with E-state index < -0.39 is 4.92 Å². The zero-order valence-electron chi connectivity index (χ0n) is 8.08. The van der Waals surface area contributed by atoms with E-state index in [1.54, 1.807) is 12.1 Å². The average molecular weight is 264 g/mol. The zero-order valence-corrected chi connectivity index (χ0v) is 9.72. The molecule has 0 saturated carbocycles. The Balaban J connectivity index is 0.00000225. The van der Waals surface area contributed by atoms with E-state index >= 15 is 0 Å². The van der Waals surface area contributed by atoms with Gasteiger partial charge in [-0.05, 0) is 29.9 Å². The van der Waals surface area contributed by atoms with E-state index in [1.165, 1.54) is 12.1 Å². The number of hydrogen-bond acceptors (Lipinski definition) is 5. The minimum atomic E-state index is -0.462. The van der Waals surface area contributed by atoms with Gasteiger partial charge < -0.3 is 4.74 Å². The fraction of sp³-hybridized carbons (Fsp3) is 0.125. The number of ether oxygens (including phenoxy) is 1. The molecule has 0 spiro atoms. The number of nitro groups is 1. The van der Waals surface area contributed by atoms with Crippen LogP contribution in [-0.4, -0.2) is 10.1 Å². The second-order valence-electron chi connectivity index (χ2n) is 2.64. The van der Waals surface area contributed by atoms with Crippen molar-refractivity contribution in [2.75, 3.05) is 0 Å². The van der Waals surface area contributed by atoms with Crippen molar-refractivity contribution in [1.29, 1.82) is 0 Å². The van der Waals surface area contributed by atoms with Crippen LogP contribution >= 0.6 is 24.6 Å². The van der Waals surface area contributed by atoms with Gasteiger partial charge in [0.15, 0.2) is 0 Å². The molecule has 0 aliphatic rings. The lowest BCUT2D eigenvalue weighted by Gasteiger charge is -2.05. The van der Waals surface area contributed by atoms with Gasteiger partial charge in [-0.1, -0.05) is 0 Å². The van der Waals surface area contributed by atoms with E-state index in [0.717, 1.165) is 5.56 Å². The molecule has 0 atom stereocenters. The molecule has 16 heavy (non-hydrogen) atoms. The number of benzene rings is 1. The third-order valence-electron chi connectivity index (χ3n) is 1.63. The van der Waals surface area contributed by atoms with E-state index in [4.69, 9.17) is 10.6 Å². The molecule has 1 rings (SSSR count). The topological polar surface area (TPSA) is 90.4 Å². The monoisotopic (exact) mass is 263 g/mol. The van der Waals surface area contributed by atoms with Gasteiger partial charge >= 0.3 is 0 Å². The fourth-order valence-corrected chi connectivity index (χ4v) is 0.963. The van der Waals surface area contributed by atoms with Crippen LogP contribution in [0, 0.1) is 10.1 Å². The van der Waals surface area contributed by atoms with Crippen LogP contribution in [0.15, 0.2) is 24.3 Å². The van der Waals surface area contributed by atoms with Crippen LogP contribution in [0.5, 0.6) is 0 Å². The summed E-state index contributed by atoms with van der Waals surface area (Å²) < 4.78 is 5.00. The van der Waals surface area contributed by atoms with Crippen molar-refractivity contribution in [2.24, 2.45) is 5.84 Å². The third-order valence-corrected chi connectivity index (χ3v) is 1.87. The lowest BCUT2D eigenvalue weighted by atomic mass is 10.2. The Morgan fingerprint density at radius 2 is 2.06 bits per heavy atom. The molecule has 0 saturated heterocycles. The summed E-state index contributed by atoms with van der Waals surface area (Å²) in [6, 6.07) is 5.99. The van der Waals surface area contributed by atoms with Gasteiger partial charge in [-0.15, -0.1) is 12.4 Å². The van der Waals surface area contributed by atoms with E-state index in [2.05, 4.69) is 17.6 Å². The quantitative estimate of drug-likeness (QED) is 0.370. The highest BCUT2D eigenvalue weighted by Gasteiger charge is 2.04. The normalized spacial score (nSPS) is 8.81. The van der Waals surface area contributed by atoms with Crippen molar-refractivity contribution < 1.29 is 9.66 Å². The minimum absolute atomic E-state index is 0. The van der Waals surface area contributed by atoms with E-state index in [9.17, 15) is 10.1 Å². The molecule has 1 aromatic rings. The molecular formula is C8H10ClN3O3S. The number of halogens is 1. The predicted octanol–water partition coefficient (Wildman–Crippen LogP) is 1.28. The number of hydrogen-bond donors (Lipinski definition) is 2. The molecule has 6 nitrogen and oxygen atoms in total. The predicted molar refractivity (Wildman–Crippen MR) is 65.1 cm³/mol. The summed E-state index contributed by atoms with van der Waals surface area (Å²) in [5.74, 6) is 4.99. The van der Waals surface area contributed by atoms with Gasteiger partial charge in [-0.3, -0.25) is 15.5 Å². The largest absolute Gasteiger partial charge is 0.465 e. The lowest BCUT2D eigenvalue weighted by molar-refractivity contribution is -0.384. The maximum atomic E-state index is 10.4. The first kappa shape index (κ1) is 14.6. The maximum absolute atomic E-state index is 10.4. The highest BCUT2D eigenvalue weighted by Crippen LogP contribution is 2.12. The molecule has 88 valence electrons. The van der Waals surface area contributed by atoms with Crippen molar-refractivity contribution in [2.45, 2.75) is 6.61 Å². The highest BCUT2D eigenvalue weighted by atomic mass is 35.5. The van der Waals surface area contributed by atoms with Gasteiger partial charge in [-0.2, -0.15) is 0 Å². The minimum Gasteiger partial charge on any atom is -0.465 e. The summed E-state index contributed by atoms with van der Waals surface area (Å²) in [6.07, 6.45) is 0. The molecule has 0 amide bonds. The van der Waals surface area contributed by atoms with Gasteiger partial charge in [-0.25, -0.2) is 5.84 Å². The molecule has 0 aliphatic carbocycles. The molecule has 0 heterocycles. The number of nitrogens with two attached hydrogens (primary N) is 1. The van der Waals surface area contributed by atoms with E-state index in [1.807, 2.05) is 0 Å². The number of nitrogens with zero attached hydrogens (tertiary/aromatic N) is 1. The Kier molecular flexibility index (Phi) is 6.31. The molecule has 1 aromatic carbocycles. The number of hydrazine groups is 1. The molecule has 0 aliphatic heterocycles. The maximum Gasteiger partial charge on any atom is 0.271 e. The Morgan fingerprint density at radius 3 is 2.50 bits per heavy atom. The Labute approximate surface area is 103 Å². The fourth-order valence-electron chi connectivity index (χ4n) is 0.904. The van der Waals surface area contributed by atoms with Crippen LogP contribution in [0.3, 0.4) is 0 Å². The number of non-ortho nitro benzene ring substituents is 1. The first-order chi connectivity index (χ1) is 7.13. The van der Waals surface area contributed by atoms with Crippen LogP contribution in [-0.2, 0) is 11.3 Å². The third kappa shape index (κ3) is 4.39. The van der Waals surface area contributed by atoms with Crippen molar-refractivity contribution in [3.05, 3.63) is 39.9 Å². The first-order valence-corrected chi connectivity index (χ1v) is 4.41. The first-order valence-electron chi connectivity index (χ1n) is 4.00. The van der Waals surface area contributed by atoms with Gasteiger partial charge in [0.2, 0.25) is 0 Å². The van der Waals surface area contributed by atoms with E-state index in [0.29, 0.717) is 0 Å². The van der Waals surface area contributed by atoms with Crippen LogP contribution in [0.25, 0.3) is 0 Å². The van der Waals surface area contributed by atoms with Crippen molar-refractivity contribution in [1.82, 2.24) is 5.43 Å².